The summed E-state index contributed by atoms with van der Waals surface area (Å²) in [6.07, 6.45) is 0.544. The van der Waals surface area contributed by atoms with Gasteiger partial charge in [0.15, 0.2) is 15.4 Å². The zero-order chi connectivity index (χ0) is 15.7. The fourth-order valence-electron chi connectivity index (χ4n) is 2.65. The number of benzene rings is 1. The summed E-state index contributed by atoms with van der Waals surface area (Å²) in [5.41, 5.74) is 1.12. The predicted octanol–water partition coefficient (Wildman–Crippen LogP) is 0.288. The van der Waals surface area contributed by atoms with Crippen molar-refractivity contribution in [1.82, 2.24) is 9.88 Å². The van der Waals surface area contributed by atoms with Crippen LogP contribution in [-0.2, 0) is 21.2 Å². The molecule has 1 aromatic carbocycles. The quantitative estimate of drug-likeness (QED) is 0.871. The summed E-state index contributed by atoms with van der Waals surface area (Å²) in [5.74, 6) is -0.659. The molecule has 1 N–H and O–H groups in total. The number of nitrogens with zero attached hydrogens (tertiary/aromatic N) is 1. The second-order valence-corrected chi connectivity index (χ2v) is 7.63. The maximum absolute atomic E-state index is 11.9. The first-order valence-corrected chi connectivity index (χ1v) is 8.85. The predicted molar refractivity (Wildman–Crippen MR) is 80.3 cm³/mol. The van der Waals surface area contributed by atoms with Crippen LogP contribution in [0.15, 0.2) is 33.5 Å². The van der Waals surface area contributed by atoms with Crippen LogP contribution in [0.25, 0.3) is 11.1 Å². The summed E-state index contributed by atoms with van der Waals surface area (Å²) < 4.78 is 29.2. The van der Waals surface area contributed by atoms with Crippen molar-refractivity contribution in [2.75, 3.05) is 11.5 Å². The zero-order valence-corrected chi connectivity index (χ0v) is 12.6. The second-order valence-electron chi connectivity index (χ2n) is 5.40. The molecule has 1 saturated heterocycles. The average molecular weight is 324 g/mol. The lowest BCUT2D eigenvalue weighted by atomic mass is 10.2. The molecular formula is C14H16N2O5S. The van der Waals surface area contributed by atoms with Crippen molar-refractivity contribution in [3.63, 3.8) is 0 Å². The van der Waals surface area contributed by atoms with Gasteiger partial charge in [0.1, 0.15) is 0 Å². The van der Waals surface area contributed by atoms with Crippen molar-refractivity contribution in [2.24, 2.45) is 0 Å². The Morgan fingerprint density at radius 1 is 1.36 bits per heavy atom. The van der Waals surface area contributed by atoms with Crippen LogP contribution >= 0.6 is 0 Å². The van der Waals surface area contributed by atoms with E-state index in [1.54, 1.807) is 24.3 Å². The highest BCUT2D eigenvalue weighted by atomic mass is 32.2. The normalized spacial score (nSPS) is 20.3. The topological polar surface area (TPSA) is 98.4 Å². The Hall–Kier alpha value is -2.09. The SMILES string of the molecule is O=C(CCn1c(=O)oc2ccccc21)N[C@H]1CCS(=O)(=O)C1. The molecular weight excluding hydrogens is 308 g/mol. The standard InChI is InChI=1S/C14H16N2O5S/c17-13(15-10-6-8-22(19,20)9-10)5-7-16-11-3-1-2-4-12(11)21-14(16)18/h1-4,10H,5-9H2,(H,15,17)/t10-/m0/s1. The highest BCUT2D eigenvalue weighted by molar-refractivity contribution is 7.91. The maximum atomic E-state index is 11.9. The third-order valence-corrected chi connectivity index (χ3v) is 5.50. The minimum atomic E-state index is -3.02. The Morgan fingerprint density at radius 3 is 2.86 bits per heavy atom. The van der Waals surface area contributed by atoms with E-state index < -0.39 is 15.6 Å². The molecule has 1 atom stereocenters. The summed E-state index contributed by atoms with van der Waals surface area (Å²) in [6, 6.07) is 6.67. The molecule has 2 heterocycles. The number of hydrogen-bond acceptors (Lipinski definition) is 5. The van der Waals surface area contributed by atoms with E-state index in [1.807, 2.05) is 0 Å². The van der Waals surface area contributed by atoms with Crippen LogP contribution in [-0.4, -0.2) is 36.4 Å². The Bertz CT molecular complexity index is 865. The number of oxazole rings is 1. The average Bonchev–Trinajstić information content (AvgIpc) is 2.95. The van der Waals surface area contributed by atoms with Crippen molar-refractivity contribution >= 4 is 26.8 Å². The van der Waals surface area contributed by atoms with Gasteiger partial charge < -0.3 is 9.73 Å². The minimum Gasteiger partial charge on any atom is -0.408 e. The molecule has 0 radical (unpaired) electrons. The Kier molecular flexibility index (Phi) is 3.78. The van der Waals surface area contributed by atoms with Gasteiger partial charge in [0.2, 0.25) is 5.91 Å². The highest BCUT2D eigenvalue weighted by Crippen LogP contribution is 2.13. The lowest BCUT2D eigenvalue weighted by Crippen LogP contribution is -2.36. The number of fused-ring (bicyclic) bond motifs is 1. The van der Waals surface area contributed by atoms with Gasteiger partial charge in [0.25, 0.3) is 0 Å². The molecule has 0 unspecified atom stereocenters. The van der Waals surface area contributed by atoms with E-state index in [1.165, 1.54) is 4.57 Å². The van der Waals surface area contributed by atoms with Gasteiger partial charge in [-0.25, -0.2) is 13.2 Å². The van der Waals surface area contributed by atoms with E-state index in [-0.39, 0.29) is 36.4 Å². The molecule has 1 fully saturated rings. The Balaban J connectivity index is 1.63. The van der Waals surface area contributed by atoms with Gasteiger partial charge in [-0.1, -0.05) is 12.1 Å². The fourth-order valence-corrected chi connectivity index (χ4v) is 4.32. The molecule has 2 aromatic rings. The summed E-state index contributed by atoms with van der Waals surface area (Å²) in [5, 5.41) is 2.70. The first kappa shape index (κ1) is 14.8. The van der Waals surface area contributed by atoms with E-state index in [0.717, 1.165) is 0 Å². The van der Waals surface area contributed by atoms with E-state index in [4.69, 9.17) is 4.42 Å². The van der Waals surface area contributed by atoms with E-state index in [2.05, 4.69) is 5.32 Å². The van der Waals surface area contributed by atoms with Crippen LogP contribution in [0, 0.1) is 0 Å². The van der Waals surface area contributed by atoms with Crippen LogP contribution in [0.1, 0.15) is 12.8 Å². The van der Waals surface area contributed by atoms with Crippen LogP contribution in [0.3, 0.4) is 0 Å². The number of nitrogens with one attached hydrogen (secondary N) is 1. The van der Waals surface area contributed by atoms with E-state index >= 15 is 0 Å². The molecule has 1 aliphatic rings. The molecule has 118 valence electrons. The first-order chi connectivity index (χ1) is 10.4. The second kappa shape index (κ2) is 5.60. The van der Waals surface area contributed by atoms with Crippen molar-refractivity contribution < 1.29 is 17.6 Å². The number of carbonyl (C=O) groups excluding carboxylic acids is 1. The molecule has 7 nitrogen and oxygen atoms in total. The highest BCUT2D eigenvalue weighted by Gasteiger charge is 2.28. The van der Waals surface area contributed by atoms with Gasteiger partial charge in [0, 0.05) is 19.0 Å². The minimum absolute atomic E-state index is 0.00662. The third kappa shape index (κ3) is 3.06. The number of para-hydroxylation sites is 2. The van der Waals surface area contributed by atoms with Gasteiger partial charge in [-0.05, 0) is 18.6 Å². The lowest BCUT2D eigenvalue weighted by Gasteiger charge is -2.10. The van der Waals surface area contributed by atoms with Crippen LogP contribution in [0.4, 0.5) is 0 Å². The van der Waals surface area contributed by atoms with Crippen molar-refractivity contribution in [2.45, 2.75) is 25.4 Å². The largest absolute Gasteiger partial charge is 0.419 e. The Morgan fingerprint density at radius 2 is 2.14 bits per heavy atom. The molecule has 1 aromatic heterocycles. The number of amides is 1. The summed E-state index contributed by atoms with van der Waals surface area (Å²) in [4.78, 5) is 23.7. The first-order valence-electron chi connectivity index (χ1n) is 7.03. The zero-order valence-electron chi connectivity index (χ0n) is 11.8. The van der Waals surface area contributed by atoms with Gasteiger partial charge in [0.05, 0.1) is 17.0 Å². The molecule has 22 heavy (non-hydrogen) atoms. The molecule has 0 spiro atoms. The number of aryl methyl sites for hydroxylation is 1. The fraction of sp³-hybridized carbons (Fsp3) is 0.429. The van der Waals surface area contributed by atoms with Gasteiger partial charge in [-0.2, -0.15) is 0 Å². The van der Waals surface area contributed by atoms with Gasteiger partial charge >= 0.3 is 5.76 Å². The Labute approximate surface area is 126 Å². The number of aromatic nitrogens is 1. The van der Waals surface area contributed by atoms with Crippen molar-refractivity contribution in [3.05, 3.63) is 34.8 Å². The van der Waals surface area contributed by atoms with Gasteiger partial charge in [-0.3, -0.25) is 9.36 Å². The number of sulfone groups is 1. The van der Waals surface area contributed by atoms with Crippen LogP contribution < -0.4 is 11.1 Å². The van der Waals surface area contributed by atoms with Crippen LogP contribution in [0.2, 0.25) is 0 Å². The van der Waals surface area contributed by atoms with Gasteiger partial charge in [-0.15, -0.1) is 0 Å². The van der Waals surface area contributed by atoms with Crippen LogP contribution in [0.5, 0.6) is 0 Å². The molecule has 1 aliphatic heterocycles. The lowest BCUT2D eigenvalue weighted by molar-refractivity contribution is -0.121. The van der Waals surface area contributed by atoms with E-state index in [0.29, 0.717) is 17.5 Å². The summed E-state index contributed by atoms with van der Waals surface area (Å²) in [7, 11) is -3.02. The monoisotopic (exact) mass is 324 g/mol. The maximum Gasteiger partial charge on any atom is 0.419 e. The van der Waals surface area contributed by atoms with Crippen molar-refractivity contribution in [1.29, 1.82) is 0 Å². The summed E-state index contributed by atoms with van der Waals surface area (Å²) >= 11 is 0. The number of carbonyl (C=O) groups is 1. The molecule has 1 amide bonds. The van der Waals surface area contributed by atoms with Crippen molar-refractivity contribution in [3.8, 4) is 0 Å². The molecule has 3 rings (SSSR count). The third-order valence-electron chi connectivity index (χ3n) is 3.73. The molecule has 0 bridgehead atoms. The molecule has 8 heteroatoms. The van der Waals surface area contributed by atoms with E-state index in [9.17, 15) is 18.0 Å². The molecule has 0 saturated carbocycles. The number of hydrogen-bond donors (Lipinski definition) is 1. The molecule has 0 aliphatic carbocycles. The number of rotatable bonds is 4. The summed E-state index contributed by atoms with van der Waals surface area (Å²) in [6.45, 7) is 0.196. The smallest absolute Gasteiger partial charge is 0.408 e.